The second-order valence-corrected chi connectivity index (χ2v) is 4.29. The lowest BCUT2D eigenvalue weighted by Crippen LogP contribution is -2.24. The second-order valence-electron chi connectivity index (χ2n) is 4.29. The number of carbonyl (C=O) groups is 1. The van der Waals surface area contributed by atoms with Gasteiger partial charge in [0, 0.05) is 13.0 Å². The molecule has 96 valence electrons. The molecule has 0 spiro atoms. The van der Waals surface area contributed by atoms with Crippen LogP contribution >= 0.6 is 0 Å². The number of hydrogen-bond donors (Lipinski definition) is 3. The molecule has 4 N–H and O–H groups in total. The molecule has 0 aliphatic rings. The number of hydrogen-bond acceptors (Lipinski definition) is 3. The zero-order valence-electron chi connectivity index (χ0n) is 10.4. The van der Waals surface area contributed by atoms with Gasteiger partial charge in [-0.2, -0.15) is 0 Å². The van der Waals surface area contributed by atoms with E-state index in [1.54, 1.807) is 6.92 Å². The second kappa shape index (κ2) is 10.9. The fraction of sp³-hybridized carbons (Fsp3) is 0.917. The van der Waals surface area contributed by atoms with Crippen LogP contribution in [0.4, 0.5) is 0 Å². The summed E-state index contributed by atoms with van der Waals surface area (Å²) in [5.41, 5.74) is 5.38. The first kappa shape index (κ1) is 15.4. The average molecular weight is 230 g/mol. The molecular weight excluding hydrogens is 204 g/mol. The summed E-state index contributed by atoms with van der Waals surface area (Å²) in [6.07, 6.45) is 6.13. The molecule has 1 unspecified atom stereocenters. The highest BCUT2D eigenvalue weighted by molar-refractivity contribution is 5.75. The Hall–Kier alpha value is -0.610. The molecule has 0 aliphatic heterocycles. The first-order valence-corrected chi connectivity index (χ1v) is 6.31. The van der Waals surface area contributed by atoms with Crippen LogP contribution in [0.25, 0.3) is 0 Å². The van der Waals surface area contributed by atoms with Crippen molar-refractivity contribution in [3.63, 3.8) is 0 Å². The van der Waals surface area contributed by atoms with Gasteiger partial charge in [-0.3, -0.25) is 4.79 Å². The van der Waals surface area contributed by atoms with Crippen LogP contribution in [0.2, 0.25) is 0 Å². The van der Waals surface area contributed by atoms with Crippen LogP contribution in [0, 0.1) is 0 Å². The largest absolute Gasteiger partial charge is 0.393 e. The Morgan fingerprint density at radius 3 is 2.56 bits per heavy atom. The topological polar surface area (TPSA) is 75.3 Å². The molecule has 4 nitrogen and oxygen atoms in total. The molecular formula is C12H26N2O2. The summed E-state index contributed by atoms with van der Waals surface area (Å²) in [5.74, 6) is 0.123. The fourth-order valence-corrected chi connectivity index (χ4v) is 1.50. The number of aliphatic hydroxyl groups excluding tert-OH is 1. The third kappa shape index (κ3) is 11.5. The third-order valence-electron chi connectivity index (χ3n) is 2.48. The summed E-state index contributed by atoms with van der Waals surface area (Å²) in [4.78, 5) is 11.3. The number of unbranched alkanes of at least 4 members (excludes halogenated alkanes) is 3. The van der Waals surface area contributed by atoms with Gasteiger partial charge < -0.3 is 16.2 Å². The normalized spacial score (nSPS) is 12.4. The van der Waals surface area contributed by atoms with E-state index >= 15 is 0 Å². The number of amides is 1. The molecule has 1 amide bonds. The van der Waals surface area contributed by atoms with Crippen LogP contribution in [-0.2, 0) is 4.79 Å². The SMILES string of the molecule is CC(O)CCCNC(=O)CCCCCCN. The highest BCUT2D eigenvalue weighted by atomic mass is 16.3. The highest BCUT2D eigenvalue weighted by Gasteiger charge is 2.01. The number of nitrogens with one attached hydrogen (secondary N) is 1. The Balaban J connectivity index is 3.18. The maximum atomic E-state index is 11.3. The minimum absolute atomic E-state index is 0.123. The molecule has 1 atom stereocenters. The Morgan fingerprint density at radius 2 is 1.94 bits per heavy atom. The van der Waals surface area contributed by atoms with Crippen LogP contribution < -0.4 is 11.1 Å². The lowest BCUT2D eigenvalue weighted by atomic mass is 10.1. The van der Waals surface area contributed by atoms with Crippen molar-refractivity contribution in [2.24, 2.45) is 5.73 Å². The molecule has 0 radical (unpaired) electrons. The first-order chi connectivity index (χ1) is 7.66. The molecule has 0 heterocycles. The molecule has 0 aromatic carbocycles. The number of aliphatic hydroxyl groups is 1. The van der Waals surface area contributed by atoms with Crippen LogP contribution in [0.5, 0.6) is 0 Å². The van der Waals surface area contributed by atoms with E-state index in [1.807, 2.05) is 0 Å². The Kier molecular flexibility index (Phi) is 10.5. The van der Waals surface area contributed by atoms with E-state index in [0.717, 1.165) is 45.1 Å². The standard InChI is InChI=1S/C12H26N2O2/c1-11(15)7-6-10-14-12(16)8-4-2-3-5-9-13/h11,15H,2-10,13H2,1H3,(H,14,16). The van der Waals surface area contributed by atoms with Gasteiger partial charge in [-0.15, -0.1) is 0 Å². The van der Waals surface area contributed by atoms with E-state index in [4.69, 9.17) is 10.8 Å². The van der Waals surface area contributed by atoms with Crippen molar-refractivity contribution in [3.05, 3.63) is 0 Å². The van der Waals surface area contributed by atoms with Crippen molar-refractivity contribution in [1.82, 2.24) is 5.32 Å². The minimum atomic E-state index is -0.270. The van der Waals surface area contributed by atoms with Crippen molar-refractivity contribution >= 4 is 5.91 Å². The van der Waals surface area contributed by atoms with Gasteiger partial charge in [0.25, 0.3) is 0 Å². The van der Waals surface area contributed by atoms with E-state index < -0.39 is 0 Å². The van der Waals surface area contributed by atoms with E-state index in [2.05, 4.69) is 5.32 Å². The lowest BCUT2D eigenvalue weighted by Gasteiger charge is -2.06. The maximum Gasteiger partial charge on any atom is 0.219 e. The predicted molar refractivity (Wildman–Crippen MR) is 66.1 cm³/mol. The first-order valence-electron chi connectivity index (χ1n) is 6.31. The van der Waals surface area contributed by atoms with E-state index in [-0.39, 0.29) is 12.0 Å². The van der Waals surface area contributed by atoms with Gasteiger partial charge >= 0.3 is 0 Å². The molecule has 0 aromatic rings. The quantitative estimate of drug-likeness (QED) is 0.493. The molecule has 0 aromatic heterocycles. The zero-order valence-corrected chi connectivity index (χ0v) is 10.4. The average Bonchev–Trinajstić information content (AvgIpc) is 2.24. The Bertz CT molecular complexity index is 172. The molecule has 0 aliphatic carbocycles. The molecule has 4 heteroatoms. The Morgan fingerprint density at radius 1 is 1.25 bits per heavy atom. The van der Waals surface area contributed by atoms with Gasteiger partial charge in [-0.1, -0.05) is 12.8 Å². The molecule has 0 saturated heterocycles. The predicted octanol–water partition coefficient (Wildman–Crippen LogP) is 1.17. The third-order valence-corrected chi connectivity index (χ3v) is 2.48. The van der Waals surface area contributed by atoms with Gasteiger partial charge in [-0.05, 0) is 39.2 Å². The van der Waals surface area contributed by atoms with Crippen LogP contribution in [0.1, 0.15) is 51.9 Å². The fourth-order valence-electron chi connectivity index (χ4n) is 1.50. The zero-order chi connectivity index (χ0) is 12.2. The van der Waals surface area contributed by atoms with Crippen molar-refractivity contribution in [3.8, 4) is 0 Å². The molecule has 0 fully saturated rings. The molecule has 16 heavy (non-hydrogen) atoms. The van der Waals surface area contributed by atoms with Crippen molar-refractivity contribution in [2.75, 3.05) is 13.1 Å². The van der Waals surface area contributed by atoms with Crippen molar-refractivity contribution in [1.29, 1.82) is 0 Å². The van der Waals surface area contributed by atoms with Crippen LogP contribution in [0.15, 0.2) is 0 Å². The van der Waals surface area contributed by atoms with Gasteiger partial charge in [0.1, 0.15) is 0 Å². The minimum Gasteiger partial charge on any atom is -0.393 e. The van der Waals surface area contributed by atoms with Gasteiger partial charge in [0.05, 0.1) is 6.10 Å². The summed E-state index contributed by atoms with van der Waals surface area (Å²) >= 11 is 0. The van der Waals surface area contributed by atoms with Crippen molar-refractivity contribution < 1.29 is 9.90 Å². The lowest BCUT2D eigenvalue weighted by molar-refractivity contribution is -0.121. The molecule has 0 bridgehead atoms. The monoisotopic (exact) mass is 230 g/mol. The number of nitrogens with two attached hydrogens (primary N) is 1. The Labute approximate surface area is 98.6 Å². The van der Waals surface area contributed by atoms with E-state index in [0.29, 0.717) is 13.0 Å². The van der Waals surface area contributed by atoms with Crippen molar-refractivity contribution in [2.45, 2.75) is 58.0 Å². The maximum absolute atomic E-state index is 11.3. The summed E-state index contributed by atoms with van der Waals surface area (Å²) in [7, 11) is 0. The number of carbonyl (C=O) groups excluding carboxylic acids is 1. The molecule has 0 rings (SSSR count). The summed E-state index contributed by atoms with van der Waals surface area (Å²) in [6.45, 7) is 3.18. The van der Waals surface area contributed by atoms with Crippen LogP contribution in [0.3, 0.4) is 0 Å². The smallest absolute Gasteiger partial charge is 0.219 e. The number of rotatable bonds is 10. The van der Waals surface area contributed by atoms with Gasteiger partial charge in [0.2, 0.25) is 5.91 Å². The van der Waals surface area contributed by atoms with E-state index in [1.165, 1.54) is 0 Å². The summed E-state index contributed by atoms with van der Waals surface area (Å²) in [6, 6.07) is 0. The van der Waals surface area contributed by atoms with Gasteiger partial charge in [0.15, 0.2) is 0 Å². The van der Waals surface area contributed by atoms with E-state index in [9.17, 15) is 4.79 Å². The summed E-state index contributed by atoms with van der Waals surface area (Å²) < 4.78 is 0. The molecule has 0 saturated carbocycles. The highest BCUT2D eigenvalue weighted by Crippen LogP contribution is 2.02. The summed E-state index contributed by atoms with van der Waals surface area (Å²) in [5, 5.41) is 11.9. The van der Waals surface area contributed by atoms with Gasteiger partial charge in [-0.25, -0.2) is 0 Å². The van der Waals surface area contributed by atoms with Crippen LogP contribution in [-0.4, -0.2) is 30.2 Å².